The predicted molar refractivity (Wildman–Crippen MR) is 73.5 cm³/mol. The van der Waals surface area contributed by atoms with Crippen LogP contribution in [0.15, 0.2) is 34.0 Å². The van der Waals surface area contributed by atoms with E-state index in [-0.39, 0.29) is 5.84 Å². The first-order valence-electron chi connectivity index (χ1n) is 5.03. The molecule has 7 heteroatoms. The average molecular weight is 330 g/mol. The minimum Gasteiger partial charge on any atom is -0.409 e. The molecule has 0 unspecified atom stereocenters. The number of benzene rings is 1. The highest BCUT2D eigenvalue weighted by Crippen LogP contribution is 2.25. The van der Waals surface area contributed by atoms with E-state index in [0.717, 1.165) is 0 Å². The van der Waals surface area contributed by atoms with Crippen molar-refractivity contribution < 1.29 is 5.21 Å². The second-order valence-electron chi connectivity index (χ2n) is 3.63. The maximum absolute atomic E-state index is 8.83. The summed E-state index contributed by atoms with van der Waals surface area (Å²) in [6, 6.07) is 5.44. The lowest BCUT2D eigenvalue weighted by Crippen LogP contribution is -2.17. The highest BCUT2D eigenvalue weighted by molar-refractivity contribution is 9.10. The summed E-state index contributed by atoms with van der Waals surface area (Å²) in [5.41, 5.74) is 7.61. The van der Waals surface area contributed by atoms with Gasteiger partial charge in [-0.2, -0.15) is 5.10 Å². The molecule has 2 rings (SSSR count). The summed E-state index contributed by atoms with van der Waals surface area (Å²) >= 11 is 9.34. The van der Waals surface area contributed by atoms with Crippen LogP contribution in [0.4, 0.5) is 0 Å². The van der Waals surface area contributed by atoms with Crippen molar-refractivity contribution in [2.45, 2.75) is 6.92 Å². The fourth-order valence-corrected chi connectivity index (χ4v) is 2.26. The van der Waals surface area contributed by atoms with Gasteiger partial charge in [-0.1, -0.05) is 22.8 Å². The van der Waals surface area contributed by atoms with Crippen LogP contribution >= 0.6 is 27.5 Å². The third kappa shape index (κ3) is 2.21. The number of aryl methyl sites for hydroxylation is 1. The van der Waals surface area contributed by atoms with Crippen molar-refractivity contribution in [1.29, 1.82) is 0 Å². The van der Waals surface area contributed by atoms with Crippen LogP contribution < -0.4 is 5.73 Å². The topological polar surface area (TPSA) is 76.4 Å². The summed E-state index contributed by atoms with van der Waals surface area (Å²) in [6.07, 6.45) is 1.67. The van der Waals surface area contributed by atoms with E-state index < -0.39 is 0 Å². The van der Waals surface area contributed by atoms with Crippen molar-refractivity contribution >= 4 is 33.4 Å². The third-order valence-corrected chi connectivity index (χ3v) is 3.47. The van der Waals surface area contributed by atoms with Gasteiger partial charge in [0.1, 0.15) is 0 Å². The Morgan fingerprint density at radius 1 is 1.56 bits per heavy atom. The fourth-order valence-electron chi connectivity index (χ4n) is 1.57. The fraction of sp³-hybridized carbons (Fsp3) is 0.0909. The SMILES string of the molecule is Cc1nn(-c2cccc(Br)c2/C(N)=N/O)cc1Cl. The molecule has 0 atom stereocenters. The van der Waals surface area contributed by atoms with Gasteiger partial charge in [-0.15, -0.1) is 0 Å². The molecule has 0 saturated heterocycles. The predicted octanol–water partition coefficient (Wildman–Crippen LogP) is 2.69. The summed E-state index contributed by atoms with van der Waals surface area (Å²) < 4.78 is 2.30. The summed E-state index contributed by atoms with van der Waals surface area (Å²) in [4.78, 5) is 0. The number of aromatic nitrogens is 2. The van der Waals surface area contributed by atoms with E-state index in [1.54, 1.807) is 29.9 Å². The maximum atomic E-state index is 8.83. The molecule has 0 bridgehead atoms. The van der Waals surface area contributed by atoms with Gasteiger partial charge in [-0.3, -0.25) is 0 Å². The molecule has 94 valence electrons. The van der Waals surface area contributed by atoms with Crippen LogP contribution in [0, 0.1) is 6.92 Å². The molecule has 0 amide bonds. The average Bonchev–Trinajstić information content (AvgIpc) is 2.68. The van der Waals surface area contributed by atoms with Crippen molar-refractivity contribution in [3.8, 4) is 5.69 Å². The molecule has 1 aromatic carbocycles. The van der Waals surface area contributed by atoms with Crippen LogP contribution in [0.25, 0.3) is 5.69 Å². The lowest BCUT2D eigenvalue weighted by Gasteiger charge is -2.10. The van der Waals surface area contributed by atoms with E-state index >= 15 is 0 Å². The van der Waals surface area contributed by atoms with E-state index in [0.29, 0.717) is 26.4 Å². The molecule has 1 aromatic heterocycles. The van der Waals surface area contributed by atoms with Gasteiger partial charge in [0.15, 0.2) is 5.84 Å². The van der Waals surface area contributed by atoms with E-state index in [2.05, 4.69) is 26.2 Å². The first-order valence-corrected chi connectivity index (χ1v) is 6.20. The lowest BCUT2D eigenvalue weighted by atomic mass is 10.1. The van der Waals surface area contributed by atoms with Gasteiger partial charge < -0.3 is 10.9 Å². The Morgan fingerprint density at radius 2 is 2.28 bits per heavy atom. The number of hydrogen-bond donors (Lipinski definition) is 2. The summed E-state index contributed by atoms with van der Waals surface area (Å²) in [5, 5.41) is 16.7. The van der Waals surface area contributed by atoms with Crippen LogP contribution in [0.5, 0.6) is 0 Å². The van der Waals surface area contributed by atoms with Gasteiger partial charge in [0, 0.05) is 10.7 Å². The molecule has 0 radical (unpaired) electrons. The smallest absolute Gasteiger partial charge is 0.173 e. The Bertz CT molecular complexity index is 604. The molecular weight excluding hydrogens is 320 g/mol. The number of rotatable bonds is 2. The Hall–Kier alpha value is -1.53. The molecule has 0 aliphatic heterocycles. The number of halogens is 2. The first-order chi connectivity index (χ1) is 8.54. The highest BCUT2D eigenvalue weighted by Gasteiger charge is 2.14. The molecule has 0 saturated carbocycles. The molecular formula is C11H10BrClN4O. The molecule has 0 aliphatic carbocycles. The zero-order chi connectivity index (χ0) is 13.3. The molecule has 0 fully saturated rings. The van der Waals surface area contributed by atoms with Crippen molar-refractivity contribution in [3.63, 3.8) is 0 Å². The Kier molecular flexibility index (Phi) is 3.58. The standard InChI is InChI=1S/C11H10BrClN4O/c1-6-8(13)5-17(15-6)9-4-2-3-7(12)10(9)11(14)16-18/h2-5,18H,1H3,(H2,14,16). The summed E-state index contributed by atoms with van der Waals surface area (Å²) in [5.74, 6) is 0.00162. The van der Waals surface area contributed by atoms with E-state index in [1.807, 2.05) is 6.07 Å². The molecule has 0 aliphatic rings. The highest BCUT2D eigenvalue weighted by atomic mass is 79.9. The second-order valence-corrected chi connectivity index (χ2v) is 4.89. The quantitative estimate of drug-likeness (QED) is 0.385. The van der Waals surface area contributed by atoms with E-state index in [9.17, 15) is 0 Å². The summed E-state index contributed by atoms with van der Waals surface area (Å²) in [7, 11) is 0. The zero-order valence-corrected chi connectivity index (χ0v) is 11.8. The van der Waals surface area contributed by atoms with Crippen molar-refractivity contribution in [3.05, 3.63) is 45.1 Å². The van der Waals surface area contributed by atoms with Crippen LogP contribution in [0.2, 0.25) is 5.02 Å². The second kappa shape index (κ2) is 4.99. The molecule has 5 nitrogen and oxygen atoms in total. The van der Waals surface area contributed by atoms with Gasteiger partial charge in [-0.25, -0.2) is 4.68 Å². The number of amidine groups is 1. The number of nitrogens with zero attached hydrogens (tertiary/aromatic N) is 3. The summed E-state index contributed by atoms with van der Waals surface area (Å²) in [6.45, 7) is 1.81. The molecule has 18 heavy (non-hydrogen) atoms. The molecule has 1 heterocycles. The van der Waals surface area contributed by atoms with Gasteiger partial charge in [0.25, 0.3) is 0 Å². The molecule has 0 spiro atoms. The Morgan fingerprint density at radius 3 is 2.83 bits per heavy atom. The number of hydrogen-bond acceptors (Lipinski definition) is 3. The third-order valence-electron chi connectivity index (χ3n) is 2.44. The molecule has 3 N–H and O–H groups in total. The number of nitrogens with two attached hydrogens (primary N) is 1. The van der Waals surface area contributed by atoms with Crippen LogP contribution in [-0.4, -0.2) is 20.8 Å². The minimum absolute atomic E-state index is 0.00162. The lowest BCUT2D eigenvalue weighted by molar-refractivity contribution is 0.318. The number of oxime groups is 1. The van der Waals surface area contributed by atoms with Gasteiger partial charge in [-0.05, 0) is 35.0 Å². The first kappa shape index (κ1) is 12.9. The van der Waals surface area contributed by atoms with Crippen LogP contribution in [0.1, 0.15) is 11.3 Å². The van der Waals surface area contributed by atoms with E-state index in [4.69, 9.17) is 22.5 Å². The van der Waals surface area contributed by atoms with E-state index in [1.165, 1.54) is 0 Å². The Labute approximate surface area is 117 Å². The normalized spacial score (nSPS) is 11.8. The van der Waals surface area contributed by atoms with Crippen LogP contribution in [-0.2, 0) is 0 Å². The zero-order valence-electron chi connectivity index (χ0n) is 9.43. The molecule has 2 aromatic rings. The van der Waals surface area contributed by atoms with Crippen molar-refractivity contribution in [2.24, 2.45) is 10.9 Å². The van der Waals surface area contributed by atoms with Crippen LogP contribution in [0.3, 0.4) is 0 Å². The van der Waals surface area contributed by atoms with Gasteiger partial charge in [0.05, 0.1) is 22.0 Å². The van der Waals surface area contributed by atoms with Crippen molar-refractivity contribution in [2.75, 3.05) is 0 Å². The van der Waals surface area contributed by atoms with Crippen molar-refractivity contribution in [1.82, 2.24) is 9.78 Å². The maximum Gasteiger partial charge on any atom is 0.173 e. The van der Waals surface area contributed by atoms with Gasteiger partial charge in [0.2, 0.25) is 0 Å². The largest absolute Gasteiger partial charge is 0.409 e. The van der Waals surface area contributed by atoms with Gasteiger partial charge >= 0.3 is 0 Å². The monoisotopic (exact) mass is 328 g/mol. The Balaban J connectivity index is 2.68. The minimum atomic E-state index is 0.00162.